The quantitative estimate of drug-likeness (QED) is 0.753. The van der Waals surface area contributed by atoms with Crippen LogP contribution in [0.25, 0.3) is 0 Å². The van der Waals surface area contributed by atoms with E-state index in [0.29, 0.717) is 13.1 Å². The maximum absolute atomic E-state index is 12.0. The fraction of sp³-hybridized carbons (Fsp3) is 0.500. The molecule has 0 unspecified atom stereocenters. The molecule has 0 spiro atoms. The number of hydrogen-bond acceptors (Lipinski definition) is 4. The standard InChI is InChI=1S/C14H23N3O3S/c1-13(18)17(12-11-16(2)3)10-9-15-21(19,20)14-7-5-4-6-8-14/h4-8,15H,9-12H2,1-3H3. The number of likely N-dealkylation sites (N-methyl/N-ethyl adjacent to an activating group) is 1. The van der Waals surface area contributed by atoms with Gasteiger partial charge in [-0.15, -0.1) is 0 Å². The van der Waals surface area contributed by atoms with Crippen LogP contribution < -0.4 is 4.72 Å². The van der Waals surface area contributed by atoms with E-state index in [1.165, 1.54) is 19.1 Å². The van der Waals surface area contributed by atoms with E-state index < -0.39 is 10.0 Å². The summed E-state index contributed by atoms with van der Waals surface area (Å²) in [6, 6.07) is 8.19. The topological polar surface area (TPSA) is 69.7 Å². The molecule has 0 bridgehead atoms. The Morgan fingerprint density at radius 3 is 2.24 bits per heavy atom. The minimum atomic E-state index is -3.51. The van der Waals surface area contributed by atoms with Crippen LogP contribution >= 0.6 is 0 Å². The first-order chi connectivity index (χ1) is 9.83. The molecule has 0 saturated heterocycles. The summed E-state index contributed by atoms with van der Waals surface area (Å²) in [5.41, 5.74) is 0. The molecule has 6 nitrogen and oxygen atoms in total. The molecule has 0 saturated carbocycles. The van der Waals surface area contributed by atoms with E-state index in [1.807, 2.05) is 19.0 Å². The van der Waals surface area contributed by atoms with E-state index in [1.54, 1.807) is 23.1 Å². The van der Waals surface area contributed by atoms with Gasteiger partial charge in [0, 0.05) is 33.1 Å². The molecule has 0 atom stereocenters. The van der Waals surface area contributed by atoms with Gasteiger partial charge in [-0.25, -0.2) is 13.1 Å². The van der Waals surface area contributed by atoms with Crippen LogP contribution in [0.1, 0.15) is 6.92 Å². The highest BCUT2D eigenvalue weighted by Crippen LogP contribution is 2.06. The Morgan fingerprint density at radius 1 is 1.10 bits per heavy atom. The largest absolute Gasteiger partial charge is 0.340 e. The van der Waals surface area contributed by atoms with Crippen LogP contribution in [-0.4, -0.2) is 64.4 Å². The van der Waals surface area contributed by atoms with Crippen molar-refractivity contribution in [1.82, 2.24) is 14.5 Å². The molecule has 0 aliphatic rings. The zero-order valence-electron chi connectivity index (χ0n) is 12.7. The lowest BCUT2D eigenvalue weighted by atomic mass is 10.4. The van der Waals surface area contributed by atoms with Gasteiger partial charge < -0.3 is 9.80 Å². The number of rotatable bonds is 8. The molecule has 0 aliphatic carbocycles. The first-order valence-electron chi connectivity index (χ1n) is 6.78. The smallest absolute Gasteiger partial charge is 0.240 e. The van der Waals surface area contributed by atoms with Crippen molar-refractivity contribution in [2.24, 2.45) is 0 Å². The van der Waals surface area contributed by atoms with Crippen molar-refractivity contribution < 1.29 is 13.2 Å². The molecule has 1 rings (SSSR count). The summed E-state index contributed by atoms with van der Waals surface area (Å²) in [6.45, 7) is 3.36. The maximum Gasteiger partial charge on any atom is 0.240 e. The zero-order valence-corrected chi connectivity index (χ0v) is 13.6. The van der Waals surface area contributed by atoms with E-state index in [2.05, 4.69) is 4.72 Å². The highest BCUT2D eigenvalue weighted by Gasteiger charge is 2.14. The molecule has 0 fully saturated rings. The summed E-state index contributed by atoms with van der Waals surface area (Å²) in [4.78, 5) is 15.4. The minimum absolute atomic E-state index is 0.0595. The van der Waals surface area contributed by atoms with Gasteiger partial charge in [0.05, 0.1) is 4.90 Å². The van der Waals surface area contributed by atoms with Crippen molar-refractivity contribution in [1.29, 1.82) is 0 Å². The second-order valence-corrected chi connectivity index (χ2v) is 6.79. The Kier molecular flexibility index (Phi) is 6.80. The van der Waals surface area contributed by atoms with E-state index in [-0.39, 0.29) is 17.3 Å². The normalized spacial score (nSPS) is 11.6. The maximum atomic E-state index is 12.0. The van der Waals surface area contributed by atoms with Crippen LogP contribution in [0.3, 0.4) is 0 Å². The number of carbonyl (C=O) groups is 1. The monoisotopic (exact) mass is 313 g/mol. The summed E-state index contributed by atoms with van der Waals surface area (Å²) in [5.74, 6) is -0.0595. The van der Waals surface area contributed by atoms with Crippen LogP contribution in [0, 0.1) is 0 Å². The molecule has 1 aromatic carbocycles. The zero-order chi connectivity index (χ0) is 15.9. The van der Waals surface area contributed by atoms with Crippen LogP contribution in [-0.2, 0) is 14.8 Å². The van der Waals surface area contributed by atoms with Gasteiger partial charge in [0.25, 0.3) is 0 Å². The average Bonchev–Trinajstić information content (AvgIpc) is 2.42. The average molecular weight is 313 g/mol. The number of nitrogens with zero attached hydrogens (tertiary/aromatic N) is 2. The van der Waals surface area contributed by atoms with Crippen molar-refractivity contribution in [3.8, 4) is 0 Å². The number of sulfonamides is 1. The lowest BCUT2D eigenvalue weighted by Gasteiger charge is -2.23. The van der Waals surface area contributed by atoms with Gasteiger partial charge >= 0.3 is 0 Å². The van der Waals surface area contributed by atoms with Crippen molar-refractivity contribution in [3.63, 3.8) is 0 Å². The third-order valence-electron chi connectivity index (χ3n) is 2.99. The predicted molar refractivity (Wildman–Crippen MR) is 82.4 cm³/mol. The lowest BCUT2D eigenvalue weighted by molar-refractivity contribution is -0.128. The third kappa shape index (κ3) is 6.24. The van der Waals surface area contributed by atoms with Crippen molar-refractivity contribution >= 4 is 15.9 Å². The van der Waals surface area contributed by atoms with Crippen LogP contribution in [0.2, 0.25) is 0 Å². The van der Waals surface area contributed by atoms with Gasteiger partial charge in [-0.1, -0.05) is 18.2 Å². The van der Waals surface area contributed by atoms with Crippen LogP contribution in [0.15, 0.2) is 35.2 Å². The molecule has 1 amide bonds. The second kappa shape index (κ2) is 8.11. The predicted octanol–water partition coefficient (Wildman–Crippen LogP) is 0.375. The summed E-state index contributed by atoms with van der Waals surface area (Å²) in [6.07, 6.45) is 0. The highest BCUT2D eigenvalue weighted by atomic mass is 32.2. The van der Waals surface area contributed by atoms with Gasteiger partial charge in [-0.3, -0.25) is 4.79 Å². The van der Waals surface area contributed by atoms with E-state index in [9.17, 15) is 13.2 Å². The molecule has 118 valence electrons. The molecule has 21 heavy (non-hydrogen) atoms. The molecule has 1 N–H and O–H groups in total. The summed E-state index contributed by atoms with van der Waals surface area (Å²) < 4.78 is 26.6. The molecule has 0 aliphatic heterocycles. The molecule has 1 aromatic rings. The lowest BCUT2D eigenvalue weighted by Crippen LogP contribution is -2.40. The Hall–Kier alpha value is -1.44. The SMILES string of the molecule is CC(=O)N(CCNS(=O)(=O)c1ccccc1)CCN(C)C. The fourth-order valence-electron chi connectivity index (χ4n) is 1.75. The Bertz CT molecular complexity index is 544. The number of nitrogens with one attached hydrogen (secondary N) is 1. The van der Waals surface area contributed by atoms with Gasteiger partial charge in [0.1, 0.15) is 0 Å². The van der Waals surface area contributed by atoms with E-state index >= 15 is 0 Å². The fourth-order valence-corrected chi connectivity index (χ4v) is 2.79. The summed E-state index contributed by atoms with van der Waals surface area (Å²) in [7, 11) is 0.343. The van der Waals surface area contributed by atoms with Gasteiger partial charge in [0.2, 0.25) is 15.9 Å². The molecular formula is C14H23N3O3S. The molecule has 7 heteroatoms. The van der Waals surface area contributed by atoms with Gasteiger partial charge in [-0.2, -0.15) is 0 Å². The Morgan fingerprint density at radius 2 is 1.71 bits per heavy atom. The van der Waals surface area contributed by atoms with E-state index in [0.717, 1.165) is 6.54 Å². The van der Waals surface area contributed by atoms with Crippen molar-refractivity contribution in [2.45, 2.75) is 11.8 Å². The summed E-state index contributed by atoms with van der Waals surface area (Å²) in [5, 5.41) is 0. The second-order valence-electron chi connectivity index (χ2n) is 5.02. The third-order valence-corrected chi connectivity index (χ3v) is 4.47. The van der Waals surface area contributed by atoms with Gasteiger partial charge in [-0.05, 0) is 26.2 Å². The van der Waals surface area contributed by atoms with Crippen LogP contribution in [0.4, 0.5) is 0 Å². The number of amides is 1. The number of carbonyl (C=O) groups excluding carboxylic acids is 1. The Balaban J connectivity index is 2.52. The van der Waals surface area contributed by atoms with Crippen molar-refractivity contribution in [3.05, 3.63) is 30.3 Å². The number of benzene rings is 1. The Labute approximate surface area is 126 Å². The van der Waals surface area contributed by atoms with E-state index in [4.69, 9.17) is 0 Å². The molecule has 0 aromatic heterocycles. The molecule has 0 radical (unpaired) electrons. The molecule has 0 heterocycles. The van der Waals surface area contributed by atoms with Crippen molar-refractivity contribution in [2.75, 3.05) is 40.3 Å². The molecular weight excluding hydrogens is 290 g/mol. The first kappa shape index (κ1) is 17.6. The first-order valence-corrected chi connectivity index (χ1v) is 8.26. The van der Waals surface area contributed by atoms with Crippen LogP contribution in [0.5, 0.6) is 0 Å². The van der Waals surface area contributed by atoms with Gasteiger partial charge in [0.15, 0.2) is 0 Å². The number of hydrogen-bond donors (Lipinski definition) is 1. The highest BCUT2D eigenvalue weighted by molar-refractivity contribution is 7.89. The summed E-state index contributed by atoms with van der Waals surface area (Å²) >= 11 is 0. The minimum Gasteiger partial charge on any atom is -0.340 e.